The lowest BCUT2D eigenvalue weighted by molar-refractivity contribution is -0.164. The van der Waals surface area contributed by atoms with Crippen molar-refractivity contribution in [1.82, 2.24) is 0 Å². The molecular weight excluding hydrogens is 371 g/mol. The van der Waals surface area contributed by atoms with E-state index in [0.29, 0.717) is 55.1 Å². The molecular formula is C16H20BrFO5. The Hall–Kier alpha value is -0.730. The van der Waals surface area contributed by atoms with E-state index in [2.05, 4.69) is 15.9 Å². The third kappa shape index (κ3) is 3.69. The van der Waals surface area contributed by atoms with Gasteiger partial charge in [-0.3, -0.25) is 0 Å². The second kappa shape index (κ2) is 7.44. The first-order chi connectivity index (χ1) is 11.2. The fraction of sp³-hybridized carbons (Fsp3) is 0.625. The van der Waals surface area contributed by atoms with Crippen LogP contribution in [0.1, 0.15) is 17.5 Å². The smallest absolute Gasteiger partial charge is 0.189 e. The van der Waals surface area contributed by atoms with Crippen molar-refractivity contribution in [2.75, 3.05) is 40.3 Å². The van der Waals surface area contributed by atoms with Gasteiger partial charge in [0.1, 0.15) is 11.6 Å². The Bertz CT molecular complexity index is 560. The van der Waals surface area contributed by atoms with Crippen LogP contribution < -0.4 is 4.74 Å². The Morgan fingerprint density at radius 1 is 1.30 bits per heavy atom. The van der Waals surface area contributed by atoms with Crippen molar-refractivity contribution in [2.45, 2.75) is 25.0 Å². The molecule has 2 aliphatic rings. The summed E-state index contributed by atoms with van der Waals surface area (Å²) in [6.45, 7) is 2.11. The topological polar surface area (TPSA) is 46.2 Å². The van der Waals surface area contributed by atoms with Gasteiger partial charge in [-0.05, 0) is 39.5 Å². The molecule has 1 aromatic rings. The molecule has 1 saturated heterocycles. The summed E-state index contributed by atoms with van der Waals surface area (Å²) in [6.07, 6.45) is 1.85. The summed E-state index contributed by atoms with van der Waals surface area (Å²) in [6, 6.07) is 1.87. The molecule has 3 rings (SSSR count). The molecule has 0 N–H and O–H groups in total. The number of benzene rings is 1. The molecule has 0 aromatic heterocycles. The lowest BCUT2D eigenvalue weighted by Crippen LogP contribution is -2.37. The largest absolute Gasteiger partial charge is 0.466 e. The third-order valence-corrected chi connectivity index (χ3v) is 4.87. The zero-order valence-corrected chi connectivity index (χ0v) is 14.6. The first kappa shape index (κ1) is 17.1. The Balaban J connectivity index is 1.71. The second-order valence-corrected chi connectivity index (χ2v) is 6.38. The molecule has 7 heteroatoms. The highest BCUT2D eigenvalue weighted by Crippen LogP contribution is 2.41. The summed E-state index contributed by atoms with van der Waals surface area (Å²) in [5, 5.41) is 0. The van der Waals surface area contributed by atoms with Crippen LogP contribution in [-0.4, -0.2) is 46.1 Å². The van der Waals surface area contributed by atoms with E-state index in [9.17, 15) is 4.39 Å². The van der Waals surface area contributed by atoms with Crippen LogP contribution >= 0.6 is 15.9 Å². The van der Waals surface area contributed by atoms with Crippen LogP contribution in [0.25, 0.3) is 0 Å². The summed E-state index contributed by atoms with van der Waals surface area (Å²) in [5.74, 6) is -0.519. The Morgan fingerprint density at radius 2 is 2.09 bits per heavy atom. The van der Waals surface area contributed by atoms with Crippen LogP contribution in [0, 0.1) is 5.82 Å². The van der Waals surface area contributed by atoms with Crippen LogP contribution in [0.15, 0.2) is 10.5 Å². The van der Waals surface area contributed by atoms with Gasteiger partial charge in [0.15, 0.2) is 12.6 Å². The maximum absolute atomic E-state index is 14.7. The zero-order chi connectivity index (χ0) is 16.3. The molecule has 0 radical (unpaired) electrons. The molecule has 0 unspecified atom stereocenters. The van der Waals surface area contributed by atoms with Gasteiger partial charge in [-0.2, -0.15) is 0 Å². The Morgan fingerprint density at radius 3 is 2.83 bits per heavy atom. The first-order valence-corrected chi connectivity index (χ1v) is 8.42. The Labute approximate surface area is 143 Å². The Kier molecular flexibility index (Phi) is 5.53. The minimum Gasteiger partial charge on any atom is -0.466 e. The number of methoxy groups -OCH3 is 1. The highest BCUT2D eigenvalue weighted by molar-refractivity contribution is 9.10. The van der Waals surface area contributed by atoms with Crippen molar-refractivity contribution in [3.05, 3.63) is 27.5 Å². The van der Waals surface area contributed by atoms with Gasteiger partial charge >= 0.3 is 0 Å². The van der Waals surface area contributed by atoms with Gasteiger partial charge in [-0.1, -0.05) is 0 Å². The molecule has 5 nitrogen and oxygen atoms in total. The molecule has 0 atom stereocenters. The van der Waals surface area contributed by atoms with Gasteiger partial charge in [0.2, 0.25) is 0 Å². The second-order valence-electron chi connectivity index (χ2n) is 5.59. The van der Waals surface area contributed by atoms with E-state index in [4.69, 9.17) is 23.7 Å². The van der Waals surface area contributed by atoms with Crippen molar-refractivity contribution >= 4 is 15.9 Å². The summed E-state index contributed by atoms with van der Waals surface area (Å²) in [5.41, 5.74) is 1.57. The van der Waals surface area contributed by atoms with E-state index in [-0.39, 0.29) is 12.6 Å². The highest BCUT2D eigenvalue weighted by atomic mass is 79.9. The summed E-state index contributed by atoms with van der Waals surface area (Å²) in [4.78, 5) is 0. The quantitative estimate of drug-likeness (QED) is 0.552. The van der Waals surface area contributed by atoms with Gasteiger partial charge in [0.05, 0.1) is 30.9 Å². The molecule has 23 heavy (non-hydrogen) atoms. The normalized spacial score (nSPS) is 19.1. The first-order valence-electron chi connectivity index (χ1n) is 7.62. The molecule has 128 valence electrons. The van der Waals surface area contributed by atoms with E-state index in [1.54, 1.807) is 7.11 Å². The van der Waals surface area contributed by atoms with E-state index >= 15 is 0 Å². The van der Waals surface area contributed by atoms with Crippen molar-refractivity contribution in [3.63, 3.8) is 0 Å². The van der Waals surface area contributed by atoms with Crippen LogP contribution in [0.2, 0.25) is 0 Å². The zero-order valence-electron chi connectivity index (χ0n) is 13.0. The number of aryl methyl sites for hydroxylation is 1. The number of rotatable bonds is 6. The third-order valence-electron chi connectivity index (χ3n) is 4.13. The maximum atomic E-state index is 14.7. The number of ether oxygens (including phenoxy) is 5. The maximum Gasteiger partial charge on any atom is 0.189 e. The number of fused-ring (bicyclic) bond motifs is 1. The fourth-order valence-corrected chi connectivity index (χ4v) is 3.41. The molecule has 0 saturated carbocycles. The molecule has 1 aromatic carbocycles. The van der Waals surface area contributed by atoms with E-state index in [1.807, 2.05) is 6.07 Å². The number of halogens is 2. The number of hydrogen-bond acceptors (Lipinski definition) is 5. The summed E-state index contributed by atoms with van der Waals surface area (Å²) in [7, 11) is 1.60. The highest BCUT2D eigenvalue weighted by Gasteiger charge is 2.41. The molecule has 0 bridgehead atoms. The average Bonchev–Trinajstić information content (AvgIpc) is 3.00. The monoisotopic (exact) mass is 390 g/mol. The molecule has 1 fully saturated rings. The lowest BCUT2D eigenvalue weighted by atomic mass is 9.86. The molecule has 1 spiro atoms. The van der Waals surface area contributed by atoms with E-state index < -0.39 is 5.79 Å². The van der Waals surface area contributed by atoms with Gasteiger partial charge in [-0.15, -0.1) is 0 Å². The lowest BCUT2D eigenvalue weighted by Gasteiger charge is -2.33. The molecule has 1 aliphatic heterocycles. The minimum absolute atomic E-state index is 0.0519. The van der Waals surface area contributed by atoms with Crippen molar-refractivity contribution in [1.29, 1.82) is 0 Å². The molecule has 0 amide bonds. The SMILES string of the molecule is COCCOCOc1cc2c(c(F)c1Br)CC1(CC2)OCCO1. The van der Waals surface area contributed by atoms with Crippen LogP contribution in [0.4, 0.5) is 4.39 Å². The van der Waals surface area contributed by atoms with E-state index in [1.165, 1.54) is 0 Å². The average molecular weight is 391 g/mol. The van der Waals surface area contributed by atoms with E-state index in [0.717, 1.165) is 12.0 Å². The van der Waals surface area contributed by atoms with Crippen LogP contribution in [0.5, 0.6) is 5.75 Å². The van der Waals surface area contributed by atoms with Crippen molar-refractivity contribution in [2.24, 2.45) is 0 Å². The van der Waals surface area contributed by atoms with Crippen molar-refractivity contribution in [3.8, 4) is 5.75 Å². The van der Waals surface area contributed by atoms with Gasteiger partial charge in [0, 0.05) is 20.0 Å². The predicted octanol–water partition coefficient (Wildman–Crippen LogP) is 2.82. The summed E-state index contributed by atoms with van der Waals surface area (Å²) >= 11 is 3.28. The predicted molar refractivity (Wildman–Crippen MR) is 84.1 cm³/mol. The molecule has 1 aliphatic carbocycles. The fourth-order valence-electron chi connectivity index (χ4n) is 2.94. The van der Waals surface area contributed by atoms with Crippen LogP contribution in [0.3, 0.4) is 0 Å². The van der Waals surface area contributed by atoms with Crippen molar-refractivity contribution < 1.29 is 28.1 Å². The minimum atomic E-state index is -0.654. The van der Waals surface area contributed by atoms with Gasteiger partial charge in [-0.25, -0.2) is 4.39 Å². The number of hydrogen-bond donors (Lipinski definition) is 0. The standard InChI is InChI=1S/C16H20BrFO5/c1-19-4-5-20-10-21-13-8-11-2-3-16(22-6-7-23-16)9-12(11)15(18)14(13)17/h8H,2-7,9-10H2,1H3. The van der Waals surface area contributed by atoms with Gasteiger partial charge in [0.25, 0.3) is 0 Å². The summed E-state index contributed by atoms with van der Waals surface area (Å²) < 4.78 is 42.1. The van der Waals surface area contributed by atoms with Crippen LogP contribution in [-0.2, 0) is 31.8 Å². The molecule has 1 heterocycles. The van der Waals surface area contributed by atoms with Gasteiger partial charge < -0.3 is 23.7 Å².